The average Bonchev–Trinajstić information content (AvgIpc) is 2.71. The molecule has 0 aliphatic heterocycles. The Labute approximate surface area is 164 Å². The molecule has 0 N–H and O–H groups in total. The van der Waals surface area contributed by atoms with Gasteiger partial charge in [0.15, 0.2) is 6.61 Å². The summed E-state index contributed by atoms with van der Waals surface area (Å²) in [5.74, 6) is -0.327. The van der Waals surface area contributed by atoms with Gasteiger partial charge in [-0.1, -0.05) is 37.3 Å². The molecule has 0 atom stereocenters. The minimum atomic E-state index is -0.699. The maximum absolute atomic E-state index is 12.1. The predicted molar refractivity (Wildman–Crippen MR) is 104 cm³/mol. The Hall–Kier alpha value is -3.59. The fourth-order valence-corrected chi connectivity index (χ4v) is 2.41. The summed E-state index contributed by atoms with van der Waals surface area (Å²) in [6.07, 6.45) is 2.17. The number of hydrogen-bond donors (Lipinski definition) is 0. The van der Waals surface area contributed by atoms with Crippen LogP contribution in [0.5, 0.6) is 11.5 Å². The molecule has 0 heterocycles. The van der Waals surface area contributed by atoms with Crippen LogP contribution in [-0.4, -0.2) is 25.2 Å². The molecule has 0 bridgehead atoms. The van der Waals surface area contributed by atoms with Crippen molar-refractivity contribution in [2.24, 2.45) is 0 Å². The van der Waals surface area contributed by atoms with Crippen molar-refractivity contribution in [2.75, 3.05) is 13.2 Å². The number of para-hydroxylation sites is 1. The van der Waals surface area contributed by atoms with E-state index in [2.05, 4.69) is 0 Å². The third-order valence-corrected chi connectivity index (χ3v) is 3.72. The minimum Gasteiger partial charge on any atom is -0.482 e. The molecule has 0 fully saturated rings. The average molecular weight is 379 g/mol. The lowest BCUT2D eigenvalue weighted by atomic mass is 10.1. The zero-order valence-corrected chi connectivity index (χ0v) is 15.8. The third-order valence-electron chi connectivity index (χ3n) is 3.72. The SMILES string of the molecule is CCOC(=O)/C(C#N)=C/c1cccc(OC(=O)COc2ccccc2CC)c1. The second kappa shape index (κ2) is 10.5. The number of hydrogen-bond acceptors (Lipinski definition) is 6. The van der Waals surface area contributed by atoms with Crippen molar-refractivity contribution in [1.29, 1.82) is 5.26 Å². The van der Waals surface area contributed by atoms with E-state index in [1.165, 1.54) is 6.08 Å². The molecule has 0 amide bonds. The number of benzene rings is 2. The van der Waals surface area contributed by atoms with Gasteiger partial charge in [-0.05, 0) is 48.7 Å². The van der Waals surface area contributed by atoms with Gasteiger partial charge in [0.1, 0.15) is 23.1 Å². The van der Waals surface area contributed by atoms with Crippen LogP contribution in [0.15, 0.2) is 54.1 Å². The summed E-state index contributed by atoms with van der Waals surface area (Å²) in [5, 5.41) is 9.10. The van der Waals surface area contributed by atoms with E-state index in [1.54, 1.807) is 43.3 Å². The van der Waals surface area contributed by atoms with Gasteiger partial charge in [0.05, 0.1) is 6.61 Å². The quantitative estimate of drug-likeness (QED) is 0.301. The Kier molecular flexibility index (Phi) is 7.79. The van der Waals surface area contributed by atoms with E-state index in [9.17, 15) is 9.59 Å². The van der Waals surface area contributed by atoms with Gasteiger partial charge in [-0.3, -0.25) is 0 Å². The molecule has 0 aliphatic carbocycles. The Morgan fingerprint density at radius 2 is 1.89 bits per heavy atom. The van der Waals surface area contributed by atoms with Crippen molar-refractivity contribution in [3.8, 4) is 17.6 Å². The highest BCUT2D eigenvalue weighted by Gasteiger charge is 2.11. The maximum Gasteiger partial charge on any atom is 0.349 e. The van der Waals surface area contributed by atoms with Crippen molar-refractivity contribution in [2.45, 2.75) is 20.3 Å². The molecule has 2 rings (SSSR count). The molecule has 0 spiro atoms. The zero-order chi connectivity index (χ0) is 20.4. The normalized spacial score (nSPS) is 10.7. The monoisotopic (exact) mass is 379 g/mol. The molecule has 0 aliphatic rings. The number of ether oxygens (including phenoxy) is 3. The number of carbonyl (C=O) groups excluding carboxylic acids is 2. The summed E-state index contributed by atoms with van der Waals surface area (Å²) in [4.78, 5) is 23.8. The minimum absolute atomic E-state index is 0.134. The molecule has 2 aromatic carbocycles. The molecule has 6 heteroatoms. The first kappa shape index (κ1) is 20.7. The highest BCUT2D eigenvalue weighted by molar-refractivity contribution is 5.97. The summed E-state index contributed by atoms with van der Waals surface area (Å²) >= 11 is 0. The first-order valence-corrected chi connectivity index (χ1v) is 8.87. The van der Waals surface area contributed by atoms with E-state index in [1.807, 2.05) is 25.1 Å². The van der Waals surface area contributed by atoms with E-state index < -0.39 is 11.9 Å². The van der Waals surface area contributed by atoms with E-state index in [0.717, 1.165) is 12.0 Å². The van der Waals surface area contributed by atoms with Crippen LogP contribution in [0.3, 0.4) is 0 Å². The molecule has 2 aromatic rings. The largest absolute Gasteiger partial charge is 0.482 e. The smallest absolute Gasteiger partial charge is 0.349 e. The van der Waals surface area contributed by atoms with Crippen LogP contribution >= 0.6 is 0 Å². The molecule has 28 heavy (non-hydrogen) atoms. The molecule has 0 unspecified atom stereocenters. The van der Waals surface area contributed by atoms with Crippen molar-refractivity contribution in [3.63, 3.8) is 0 Å². The number of carbonyl (C=O) groups is 2. The highest BCUT2D eigenvalue weighted by atomic mass is 16.6. The van der Waals surface area contributed by atoms with Crippen molar-refractivity contribution in [1.82, 2.24) is 0 Å². The number of nitriles is 1. The number of nitrogens with zero attached hydrogens (tertiary/aromatic N) is 1. The second-order valence-electron chi connectivity index (χ2n) is 5.69. The van der Waals surface area contributed by atoms with Crippen LogP contribution < -0.4 is 9.47 Å². The van der Waals surface area contributed by atoms with Crippen LogP contribution in [0.1, 0.15) is 25.0 Å². The molecular formula is C22H21NO5. The standard InChI is InChI=1S/C22H21NO5/c1-3-17-9-5-6-11-20(17)27-15-21(24)28-19-10-7-8-16(13-19)12-18(14-23)22(25)26-4-2/h5-13H,3-4,15H2,1-2H3/b18-12+. The summed E-state index contributed by atoms with van der Waals surface area (Å²) in [6.45, 7) is 3.61. The van der Waals surface area contributed by atoms with Gasteiger partial charge in [0.2, 0.25) is 0 Å². The van der Waals surface area contributed by atoms with E-state index >= 15 is 0 Å². The van der Waals surface area contributed by atoms with Crippen LogP contribution in [0.25, 0.3) is 6.08 Å². The lowest BCUT2D eigenvalue weighted by Gasteiger charge is -2.10. The highest BCUT2D eigenvalue weighted by Crippen LogP contribution is 2.19. The fraction of sp³-hybridized carbons (Fsp3) is 0.227. The summed E-state index contributed by atoms with van der Waals surface area (Å²) in [7, 11) is 0. The van der Waals surface area contributed by atoms with Crippen LogP contribution in [0.2, 0.25) is 0 Å². The molecule has 0 radical (unpaired) electrons. The Balaban J connectivity index is 2.03. The first-order chi connectivity index (χ1) is 13.6. The topological polar surface area (TPSA) is 85.6 Å². The Morgan fingerprint density at radius 3 is 2.61 bits per heavy atom. The number of esters is 2. The molecule has 144 valence electrons. The number of rotatable bonds is 8. The van der Waals surface area contributed by atoms with Crippen LogP contribution in [0.4, 0.5) is 0 Å². The van der Waals surface area contributed by atoms with E-state index in [-0.39, 0.29) is 24.5 Å². The summed E-state index contributed by atoms with van der Waals surface area (Å²) < 4.78 is 15.6. The van der Waals surface area contributed by atoms with Gasteiger partial charge in [0.25, 0.3) is 0 Å². The van der Waals surface area contributed by atoms with E-state index in [4.69, 9.17) is 19.5 Å². The maximum atomic E-state index is 12.1. The Morgan fingerprint density at radius 1 is 1.11 bits per heavy atom. The van der Waals surface area contributed by atoms with Crippen molar-refractivity contribution < 1.29 is 23.8 Å². The van der Waals surface area contributed by atoms with Crippen LogP contribution in [0, 0.1) is 11.3 Å². The predicted octanol–water partition coefficient (Wildman–Crippen LogP) is 3.70. The van der Waals surface area contributed by atoms with Crippen molar-refractivity contribution in [3.05, 3.63) is 65.2 Å². The lowest BCUT2D eigenvalue weighted by Crippen LogP contribution is -2.18. The van der Waals surface area contributed by atoms with Gasteiger partial charge in [-0.15, -0.1) is 0 Å². The van der Waals surface area contributed by atoms with Gasteiger partial charge in [-0.2, -0.15) is 5.26 Å². The van der Waals surface area contributed by atoms with Gasteiger partial charge < -0.3 is 14.2 Å². The molecule has 0 saturated heterocycles. The van der Waals surface area contributed by atoms with Gasteiger partial charge >= 0.3 is 11.9 Å². The molecule has 0 saturated carbocycles. The van der Waals surface area contributed by atoms with Gasteiger partial charge in [0, 0.05) is 0 Å². The summed E-state index contributed by atoms with van der Waals surface area (Å²) in [5.41, 5.74) is 1.41. The third kappa shape index (κ3) is 5.99. The summed E-state index contributed by atoms with van der Waals surface area (Å²) in [6, 6.07) is 15.8. The lowest BCUT2D eigenvalue weighted by molar-refractivity contribution is -0.138. The first-order valence-electron chi connectivity index (χ1n) is 8.87. The van der Waals surface area contributed by atoms with Crippen LogP contribution in [-0.2, 0) is 20.7 Å². The molecule has 0 aromatic heterocycles. The van der Waals surface area contributed by atoms with Gasteiger partial charge in [-0.25, -0.2) is 9.59 Å². The number of aryl methyl sites for hydroxylation is 1. The van der Waals surface area contributed by atoms with E-state index in [0.29, 0.717) is 11.3 Å². The zero-order valence-electron chi connectivity index (χ0n) is 15.8. The van der Waals surface area contributed by atoms with Crippen molar-refractivity contribution >= 4 is 18.0 Å². The Bertz CT molecular complexity index is 911. The fourth-order valence-electron chi connectivity index (χ4n) is 2.41. The molecular weight excluding hydrogens is 358 g/mol. The molecule has 6 nitrogen and oxygen atoms in total. The second-order valence-corrected chi connectivity index (χ2v) is 5.69.